The van der Waals surface area contributed by atoms with Gasteiger partial charge in [0, 0.05) is 19.7 Å². The van der Waals surface area contributed by atoms with Crippen molar-refractivity contribution in [3.8, 4) is 0 Å². The molecule has 0 spiro atoms. The average molecular weight is 283 g/mol. The van der Waals surface area contributed by atoms with Gasteiger partial charge >= 0.3 is 6.18 Å². The van der Waals surface area contributed by atoms with Crippen LogP contribution in [0.2, 0.25) is 0 Å². The molecule has 1 aliphatic rings. The van der Waals surface area contributed by atoms with Crippen molar-refractivity contribution in [3.05, 3.63) is 0 Å². The number of amidine groups is 1. The van der Waals surface area contributed by atoms with Crippen LogP contribution >= 0.6 is 0 Å². The standard InChI is InChI=1S/C11H20F3N3O2/c1-17(5-8-3-2-4-19-7-8)6-9(10(15)16-18)11(12,13)14/h8-9,18H,2-7H2,1H3,(H2,15,16). The maximum absolute atomic E-state index is 12.8. The topological polar surface area (TPSA) is 71.1 Å². The maximum atomic E-state index is 12.8. The van der Waals surface area contributed by atoms with Gasteiger partial charge in [0.25, 0.3) is 0 Å². The van der Waals surface area contributed by atoms with E-state index in [1.54, 1.807) is 11.9 Å². The van der Waals surface area contributed by atoms with Gasteiger partial charge in [0.15, 0.2) is 5.84 Å². The van der Waals surface area contributed by atoms with E-state index >= 15 is 0 Å². The molecule has 1 rings (SSSR count). The first-order valence-electron chi connectivity index (χ1n) is 6.15. The van der Waals surface area contributed by atoms with Gasteiger partial charge in [-0.25, -0.2) is 0 Å². The Morgan fingerprint density at radius 3 is 2.74 bits per heavy atom. The summed E-state index contributed by atoms with van der Waals surface area (Å²) in [5.74, 6) is -2.52. The Kier molecular flexibility index (Phi) is 5.86. The molecular weight excluding hydrogens is 263 g/mol. The van der Waals surface area contributed by atoms with Gasteiger partial charge in [0.05, 0.1) is 6.61 Å². The number of hydrogen-bond acceptors (Lipinski definition) is 4. The lowest BCUT2D eigenvalue weighted by Crippen LogP contribution is -2.44. The molecule has 0 radical (unpaired) electrons. The minimum absolute atomic E-state index is 0.236. The van der Waals surface area contributed by atoms with Gasteiger partial charge in [-0.05, 0) is 25.8 Å². The first kappa shape index (κ1) is 16.0. The van der Waals surface area contributed by atoms with Gasteiger partial charge in [0.2, 0.25) is 0 Å². The quantitative estimate of drug-likeness (QED) is 0.345. The smallest absolute Gasteiger partial charge is 0.400 e. The lowest BCUT2D eigenvalue weighted by atomic mass is 10.0. The molecule has 1 saturated heterocycles. The highest BCUT2D eigenvalue weighted by molar-refractivity contribution is 5.83. The fourth-order valence-electron chi connectivity index (χ4n) is 2.21. The second-order valence-corrected chi connectivity index (χ2v) is 4.92. The van der Waals surface area contributed by atoms with E-state index in [-0.39, 0.29) is 12.5 Å². The van der Waals surface area contributed by atoms with Crippen molar-refractivity contribution < 1.29 is 23.1 Å². The summed E-state index contributed by atoms with van der Waals surface area (Å²) in [6.07, 6.45) is -2.64. The molecule has 1 aliphatic heterocycles. The van der Waals surface area contributed by atoms with Crippen LogP contribution in [-0.2, 0) is 4.74 Å². The first-order chi connectivity index (χ1) is 8.84. The van der Waals surface area contributed by atoms with Crippen molar-refractivity contribution in [2.75, 3.05) is 33.4 Å². The number of nitrogens with two attached hydrogens (primary N) is 1. The van der Waals surface area contributed by atoms with Crippen molar-refractivity contribution in [1.29, 1.82) is 0 Å². The van der Waals surface area contributed by atoms with Gasteiger partial charge < -0.3 is 20.6 Å². The number of alkyl halides is 3. The Morgan fingerprint density at radius 2 is 2.26 bits per heavy atom. The Hall–Kier alpha value is -1.02. The number of hydrogen-bond donors (Lipinski definition) is 2. The van der Waals surface area contributed by atoms with E-state index in [4.69, 9.17) is 15.7 Å². The molecule has 5 nitrogen and oxygen atoms in total. The fraction of sp³-hybridized carbons (Fsp3) is 0.909. The monoisotopic (exact) mass is 283 g/mol. The summed E-state index contributed by atoms with van der Waals surface area (Å²) in [6.45, 7) is 1.47. The minimum atomic E-state index is -4.52. The number of nitrogens with zero attached hydrogens (tertiary/aromatic N) is 2. The summed E-state index contributed by atoms with van der Waals surface area (Å²) in [5.41, 5.74) is 5.11. The summed E-state index contributed by atoms with van der Waals surface area (Å²) < 4.78 is 43.6. The molecule has 0 aromatic carbocycles. The molecule has 0 amide bonds. The highest BCUT2D eigenvalue weighted by atomic mass is 19.4. The molecule has 0 aromatic rings. The molecule has 0 aromatic heterocycles. The highest BCUT2D eigenvalue weighted by Gasteiger charge is 2.43. The van der Waals surface area contributed by atoms with Crippen molar-refractivity contribution >= 4 is 5.84 Å². The number of rotatable bonds is 5. The van der Waals surface area contributed by atoms with Crippen molar-refractivity contribution in [1.82, 2.24) is 4.90 Å². The third-order valence-electron chi connectivity index (χ3n) is 3.19. The second-order valence-electron chi connectivity index (χ2n) is 4.92. The third kappa shape index (κ3) is 5.23. The number of halogens is 3. The zero-order chi connectivity index (χ0) is 14.5. The van der Waals surface area contributed by atoms with Gasteiger partial charge in [-0.2, -0.15) is 13.2 Å². The molecule has 2 unspecified atom stereocenters. The summed E-state index contributed by atoms with van der Waals surface area (Å²) in [5, 5.41) is 10.9. The minimum Gasteiger partial charge on any atom is -0.409 e. The molecular formula is C11H20F3N3O2. The fourth-order valence-corrected chi connectivity index (χ4v) is 2.21. The zero-order valence-corrected chi connectivity index (χ0v) is 10.9. The zero-order valence-electron chi connectivity index (χ0n) is 10.9. The average Bonchev–Trinajstić information content (AvgIpc) is 2.35. The second kappa shape index (κ2) is 6.95. The van der Waals surface area contributed by atoms with Crippen molar-refractivity contribution in [2.45, 2.75) is 19.0 Å². The van der Waals surface area contributed by atoms with E-state index in [0.29, 0.717) is 13.2 Å². The largest absolute Gasteiger partial charge is 0.409 e. The van der Waals surface area contributed by atoms with Gasteiger partial charge in [-0.15, -0.1) is 0 Å². The molecule has 0 aliphatic carbocycles. The molecule has 2 atom stereocenters. The van der Waals surface area contributed by atoms with Crippen LogP contribution < -0.4 is 5.73 Å². The van der Waals surface area contributed by atoms with Crippen LogP contribution in [0.1, 0.15) is 12.8 Å². The van der Waals surface area contributed by atoms with Crippen LogP contribution in [0.15, 0.2) is 5.16 Å². The molecule has 112 valence electrons. The SMILES string of the molecule is CN(CC1CCCOC1)CC(C(N)=NO)C(F)(F)F. The van der Waals surface area contributed by atoms with Gasteiger partial charge in [0.1, 0.15) is 5.92 Å². The summed E-state index contributed by atoms with van der Waals surface area (Å²) in [6, 6.07) is 0. The molecule has 0 saturated carbocycles. The van der Waals surface area contributed by atoms with E-state index in [1.165, 1.54) is 0 Å². The van der Waals surface area contributed by atoms with E-state index < -0.39 is 17.9 Å². The first-order valence-corrected chi connectivity index (χ1v) is 6.15. The molecule has 19 heavy (non-hydrogen) atoms. The van der Waals surface area contributed by atoms with Crippen LogP contribution in [0.5, 0.6) is 0 Å². The van der Waals surface area contributed by atoms with Crippen LogP contribution in [0.3, 0.4) is 0 Å². The molecule has 1 fully saturated rings. The maximum Gasteiger partial charge on any atom is 0.400 e. The molecule has 8 heteroatoms. The normalized spacial score (nSPS) is 23.6. The third-order valence-corrected chi connectivity index (χ3v) is 3.19. The number of oxime groups is 1. The molecule has 0 bridgehead atoms. The Bertz CT molecular complexity index is 304. The Morgan fingerprint density at radius 1 is 1.58 bits per heavy atom. The Balaban J connectivity index is 2.53. The van der Waals surface area contributed by atoms with Crippen LogP contribution in [0.4, 0.5) is 13.2 Å². The van der Waals surface area contributed by atoms with Crippen molar-refractivity contribution in [2.24, 2.45) is 22.7 Å². The predicted molar refractivity (Wildman–Crippen MR) is 64.0 cm³/mol. The van der Waals surface area contributed by atoms with Crippen LogP contribution in [0.25, 0.3) is 0 Å². The lowest BCUT2D eigenvalue weighted by molar-refractivity contribution is -0.160. The molecule has 1 heterocycles. The van der Waals surface area contributed by atoms with E-state index in [0.717, 1.165) is 19.4 Å². The van der Waals surface area contributed by atoms with Crippen molar-refractivity contribution in [3.63, 3.8) is 0 Å². The summed E-state index contributed by atoms with van der Waals surface area (Å²) >= 11 is 0. The van der Waals surface area contributed by atoms with Crippen LogP contribution in [-0.4, -0.2) is 55.5 Å². The Labute approximate surface area is 110 Å². The summed E-state index contributed by atoms with van der Waals surface area (Å²) in [7, 11) is 1.60. The predicted octanol–water partition coefficient (Wildman–Crippen LogP) is 1.27. The van der Waals surface area contributed by atoms with E-state index in [9.17, 15) is 13.2 Å². The number of ether oxygens (including phenoxy) is 1. The van der Waals surface area contributed by atoms with Crippen LogP contribution in [0, 0.1) is 11.8 Å². The van der Waals surface area contributed by atoms with Gasteiger partial charge in [-0.3, -0.25) is 0 Å². The summed E-state index contributed by atoms with van der Waals surface area (Å²) in [4.78, 5) is 1.55. The van der Waals surface area contributed by atoms with E-state index in [1.807, 2.05) is 0 Å². The molecule has 3 N–H and O–H groups in total. The van der Waals surface area contributed by atoms with Gasteiger partial charge in [-0.1, -0.05) is 5.16 Å². The lowest BCUT2D eigenvalue weighted by Gasteiger charge is -2.29. The van der Waals surface area contributed by atoms with E-state index in [2.05, 4.69) is 5.16 Å². The highest BCUT2D eigenvalue weighted by Crippen LogP contribution is 2.27.